The number of amides is 2. The molecule has 0 bridgehead atoms. The summed E-state index contributed by atoms with van der Waals surface area (Å²) in [5.74, 6) is 0. The standard InChI is InChI=1S/C16H24ClN3O2/c1-19(2)15(12-5-7-13(17)8-6-12)10-18-16(22)20-9-3-4-14(20)11-21/h5-8,14-15,21H,3-4,9-11H2,1-2H3,(H,18,22)/t14-,15-/m0/s1. The van der Waals surface area contributed by atoms with E-state index in [4.69, 9.17) is 11.6 Å². The van der Waals surface area contributed by atoms with Crippen LogP contribution < -0.4 is 5.32 Å². The predicted octanol–water partition coefficient (Wildman–Crippen LogP) is 2.11. The number of carbonyl (C=O) groups excluding carboxylic acids is 1. The number of nitrogens with zero attached hydrogens (tertiary/aromatic N) is 2. The molecule has 0 radical (unpaired) electrons. The van der Waals surface area contributed by atoms with Gasteiger partial charge >= 0.3 is 6.03 Å². The lowest BCUT2D eigenvalue weighted by Crippen LogP contribution is -2.46. The maximum atomic E-state index is 12.3. The molecular weight excluding hydrogens is 302 g/mol. The fraction of sp³-hybridized carbons (Fsp3) is 0.562. The zero-order valence-electron chi connectivity index (χ0n) is 13.1. The van der Waals surface area contributed by atoms with E-state index in [0.717, 1.165) is 18.4 Å². The number of carbonyl (C=O) groups is 1. The van der Waals surface area contributed by atoms with Crippen molar-refractivity contribution in [2.24, 2.45) is 0 Å². The van der Waals surface area contributed by atoms with E-state index in [1.54, 1.807) is 4.90 Å². The molecule has 1 aromatic carbocycles. The third-order valence-corrected chi connectivity index (χ3v) is 4.43. The Labute approximate surface area is 136 Å². The number of aliphatic hydroxyl groups is 1. The molecule has 0 spiro atoms. The van der Waals surface area contributed by atoms with Gasteiger partial charge < -0.3 is 20.2 Å². The Balaban J connectivity index is 1.97. The van der Waals surface area contributed by atoms with Crippen molar-refractivity contribution in [3.8, 4) is 0 Å². The minimum Gasteiger partial charge on any atom is -0.394 e. The Morgan fingerprint density at radius 1 is 1.45 bits per heavy atom. The summed E-state index contributed by atoms with van der Waals surface area (Å²) in [6.45, 7) is 1.26. The molecule has 0 aromatic heterocycles. The molecule has 0 unspecified atom stereocenters. The first-order chi connectivity index (χ1) is 10.5. The van der Waals surface area contributed by atoms with Gasteiger partial charge in [0.05, 0.1) is 18.7 Å². The molecule has 2 rings (SSSR count). The van der Waals surface area contributed by atoms with Gasteiger partial charge in [0, 0.05) is 18.1 Å². The molecule has 1 aliphatic rings. The van der Waals surface area contributed by atoms with E-state index in [1.807, 2.05) is 38.4 Å². The van der Waals surface area contributed by atoms with Crippen LogP contribution in [0.1, 0.15) is 24.4 Å². The summed E-state index contributed by atoms with van der Waals surface area (Å²) in [7, 11) is 3.97. The van der Waals surface area contributed by atoms with Crippen molar-refractivity contribution in [1.82, 2.24) is 15.1 Å². The van der Waals surface area contributed by atoms with Crippen LogP contribution >= 0.6 is 11.6 Å². The topological polar surface area (TPSA) is 55.8 Å². The number of nitrogens with one attached hydrogen (secondary N) is 1. The van der Waals surface area contributed by atoms with Gasteiger partial charge in [0.2, 0.25) is 0 Å². The molecule has 6 heteroatoms. The number of rotatable bonds is 5. The minimum atomic E-state index is -0.0997. The number of halogens is 1. The maximum Gasteiger partial charge on any atom is 0.317 e. The summed E-state index contributed by atoms with van der Waals surface area (Å²) in [6.07, 6.45) is 1.82. The van der Waals surface area contributed by atoms with Gasteiger partial charge in [-0.05, 0) is 44.6 Å². The van der Waals surface area contributed by atoms with E-state index < -0.39 is 0 Å². The van der Waals surface area contributed by atoms with Crippen molar-refractivity contribution in [1.29, 1.82) is 0 Å². The van der Waals surface area contributed by atoms with Gasteiger partial charge in [0.15, 0.2) is 0 Å². The van der Waals surface area contributed by atoms with Gasteiger partial charge in [-0.2, -0.15) is 0 Å². The summed E-state index contributed by atoms with van der Waals surface area (Å²) in [5, 5.41) is 13.0. The van der Waals surface area contributed by atoms with Crippen LogP contribution in [-0.2, 0) is 0 Å². The summed E-state index contributed by atoms with van der Waals surface area (Å²) in [6, 6.07) is 7.61. The summed E-state index contributed by atoms with van der Waals surface area (Å²) in [5.41, 5.74) is 1.11. The molecule has 1 fully saturated rings. The third kappa shape index (κ3) is 4.12. The Hall–Kier alpha value is -1.30. The summed E-state index contributed by atoms with van der Waals surface area (Å²) >= 11 is 5.93. The SMILES string of the molecule is CN(C)[C@@H](CNC(=O)N1CCC[C@H]1CO)c1ccc(Cl)cc1. The Bertz CT molecular complexity index is 493. The Morgan fingerprint density at radius 3 is 2.73 bits per heavy atom. The van der Waals surface area contributed by atoms with Gasteiger partial charge in [-0.3, -0.25) is 0 Å². The lowest BCUT2D eigenvalue weighted by Gasteiger charge is -2.28. The van der Waals surface area contributed by atoms with Gasteiger partial charge in [0.1, 0.15) is 0 Å². The van der Waals surface area contributed by atoms with Crippen molar-refractivity contribution in [3.63, 3.8) is 0 Å². The molecule has 22 heavy (non-hydrogen) atoms. The van der Waals surface area contributed by atoms with Crippen molar-refractivity contribution >= 4 is 17.6 Å². The third-order valence-electron chi connectivity index (χ3n) is 4.17. The van der Waals surface area contributed by atoms with Gasteiger partial charge in [-0.25, -0.2) is 4.79 Å². The van der Waals surface area contributed by atoms with E-state index in [9.17, 15) is 9.90 Å². The van der Waals surface area contributed by atoms with Crippen molar-refractivity contribution in [3.05, 3.63) is 34.9 Å². The largest absolute Gasteiger partial charge is 0.394 e. The Kier molecular flexibility index (Phi) is 6.06. The quantitative estimate of drug-likeness (QED) is 0.871. The number of hydrogen-bond donors (Lipinski definition) is 2. The second-order valence-electron chi connectivity index (χ2n) is 5.89. The van der Waals surface area contributed by atoms with Crippen LogP contribution in [0.4, 0.5) is 4.79 Å². The molecule has 2 atom stereocenters. The molecule has 5 nitrogen and oxygen atoms in total. The molecule has 0 aliphatic carbocycles. The number of likely N-dealkylation sites (N-methyl/N-ethyl adjacent to an activating group) is 1. The van der Waals surface area contributed by atoms with Crippen molar-refractivity contribution in [2.45, 2.75) is 24.9 Å². The first-order valence-electron chi connectivity index (χ1n) is 7.60. The highest BCUT2D eigenvalue weighted by Gasteiger charge is 2.28. The Morgan fingerprint density at radius 2 is 2.14 bits per heavy atom. The highest BCUT2D eigenvalue weighted by atomic mass is 35.5. The second kappa shape index (κ2) is 7.81. The fourth-order valence-corrected chi connectivity index (χ4v) is 2.99. The second-order valence-corrected chi connectivity index (χ2v) is 6.33. The highest BCUT2D eigenvalue weighted by Crippen LogP contribution is 2.21. The van der Waals surface area contributed by atoms with E-state index in [2.05, 4.69) is 10.2 Å². The molecular formula is C16H24ClN3O2. The lowest BCUT2D eigenvalue weighted by molar-refractivity contribution is 0.154. The van der Waals surface area contributed by atoms with Crippen LogP contribution in [0.25, 0.3) is 0 Å². The van der Waals surface area contributed by atoms with Crippen LogP contribution in [-0.4, -0.2) is 60.8 Å². The van der Waals surface area contributed by atoms with E-state index >= 15 is 0 Å². The predicted molar refractivity (Wildman–Crippen MR) is 88.1 cm³/mol. The van der Waals surface area contributed by atoms with Crippen molar-refractivity contribution in [2.75, 3.05) is 33.8 Å². The van der Waals surface area contributed by atoms with E-state index in [0.29, 0.717) is 18.1 Å². The average molecular weight is 326 g/mol. The smallest absolute Gasteiger partial charge is 0.317 e. The fourth-order valence-electron chi connectivity index (χ4n) is 2.86. The number of urea groups is 1. The monoisotopic (exact) mass is 325 g/mol. The zero-order chi connectivity index (χ0) is 16.1. The number of likely N-dealkylation sites (tertiary alicyclic amines) is 1. The molecule has 122 valence electrons. The van der Waals surface area contributed by atoms with Gasteiger partial charge in [0.25, 0.3) is 0 Å². The maximum absolute atomic E-state index is 12.3. The first kappa shape index (κ1) is 17.1. The van der Waals surface area contributed by atoms with Crippen molar-refractivity contribution < 1.29 is 9.90 Å². The zero-order valence-corrected chi connectivity index (χ0v) is 13.9. The molecule has 1 heterocycles. The molecule has 0 saturated carbocycles. The molecule has 2 amide bonds. The molecule has 1 aromatic rings. The average Bonchev–Trinajstić information content (AvgIpc) is 2.97. The van der Waals surface area contributed by atoms with E-state index in [1.165, 1.54) is 0 Å². The van der Waals surface area contributed by atoms with Crippen LogP contribution in [0.3, 0.4) is 0 Å². The van der Waals surface area contributed by atoms with Crippen LogP contribution in [0.2, 0.25) is 5.02 Å². The van der Waals surface area contributed by atoms with Crippen LogP contribution in [0, 0.1) is 0 Å². The first-order valence-corrected chi connectivity index (χ1v) is 7.98. The normalized spacial score (nSPS) is 19.5. The molecule has 1 saturated heterocycles. The minimum absolute atomic E-state index is 0.0295. The van der Waals surface area contributed by atoms with E-state index in [-0.39, 0.29) is 24.7 Å². The molecule has 2 N–H and O–H groups in total. The number of hydrogen-bond acceptors (Lipinski definition) is 3. The summed E-state index contributed by atoms with van der Waals surface area (Å²) < 4.78 is 0. The van der Waals surface area contributed by atoms with Gasteiger partial charge in [-0.15, -0.1) is 0 Å². The number of aliphatic hydroxyl groups excluding tert-OH is 1. The van der Waals surface area contributed by atoms with Gasteiger partial charge in [-0.1, -0.05) is 23.7 Å². The lowest BCUT2D eigenvalue weighted by atomic mass is 10.1. The summed E-state index contributed by atoms with van der Waals surface area (Å²) in [4.78, 5) is 16.1. The number of benzene rings is 1. The van der Waals surface area contributed by atoms with Crippen LogP contribution in [0.15, 0.2) is 24.3 Å². The highest BCUT2D eigenvalue weighted by molar-refractivity contribution is 6.30. The van der Waals surface area contributed by atoms with Crippen LogP contribution in [0.5, 0.6) is 0 Å². The molecule has 1 aliphatic heterocycles.